The van der Waals surface area contributed by atoms with Crippen LogP contribution in [0.2, 0.25) is 0 Å². The smallest absolute Gasteiger partial charge is 0.407 e. The van der Waals surface area contributed by atoms with Gasteiger partial charge in [-0.2, -0.15) is 0 Å². The second-order valence-corrected chi connectivity index (χ2v) is 9.01. The monoisotopic (exact) mass is 522 g/mol. The lowest BCUT2D eigenvalue weighted by molar-refractivity contribution is -0.143. The van der Waals surface area contributed by atoms with Crippen molar-refractivity contribution in [2.45, 2.75) is 56.8 Å². The predicted molar refractivity (Wildman–Crippen MR) is 126 cm³/mol. The van der Waals surface area contributed by atoms with Crippen LogP contribution in [0.1, 0.15) is 24.7 Å². The zero-order chi connectivity index (χ0) is 27.2. The summed E-state index contributed by atoms with van der Waals surface area (Å²) >= 11 is 0. The minimum Gasteiger partial charge on any atom is -0.467 e. The fourth-order valence-electron chi connectivity index (χ4n) is 4.80. The molecule has 0 bridgehead atoms. The quantitative estimate of drug-likeness (QED) is 0.259. The highest BCUT2D eigenvalue weighted by Crippen LogP contribution is 2.37. The van der Waals surface area contributed by atoms with E-state index in [9.17, 15) is 29.7 Å². The van der Waals surface area contributed by atoms with E-state index in [1.807, 2.05) is 0 Å². The lowest BCUT2D eigenvalue weighted by Gasteiger charge is -2.30. The van der Waals surface area contributed by atoms with Crippen LogP contribution < -0.4 is 10.9 Å². The Hall–Kier alpha value is -3.53. The van der Waals surface area contributed by atoms with Crippen LogP contribution in [-0.4, -0.2) is 96.1 Å². The molecule has 3 aromatic heterocycles. The van der Waals surface area contributed by atoms with E-state index in [4.69, 9.17) is 9.47 Å². The van der Waals surface area contributed by atoms with Crippen LogP contribution in [0.3, 0.4) is 0 Å². The molecular weight excluding hydrogens is 492 g/mol. The van der Waals surface area contributed by atoms with Gasteiger partial charge in [0.1, 0.15) is 24.4 Å². The number of imidazole rings is 2. The van der Waals surface area contributed by atoms with Crippen LogP contribution in [0.25, 0.3) is 16.9 Å². The highest BCUT2D eigenvalue weighted by atomic mass is 16.6. The van der Waals surface area contributed by atoms with Gasteiger partial charge >= 0.3 is 12.1 Å². The Kier molecular flexibility index (Phi) is 6.98. The summed E-state index contributed by atoms with van der Waals surface area (Å²) in [5, 5.41) is 33.0. The summed E-state index contributed by atoms with van der Waals surface area (Å²) in [6.07, 6.45) is -2.99. The van der Waals surface area contributed by atoms with Crippen LogP contribution >= 0.6 is 0 Å². The van der Waals surface area contributed by atoms with E-state index in [-0.39, 0.29) is 29.8 Å². The number of aliphatic hydroxyl groups excluding tert-OH is 3. The van der Waals surface area contributed by atoms with Crippen molar-refractivity contribution in [3.05, 3.63) is 28.1 Å². The normalized spacial score (nSPS) is 24.5. The molecule has 4 N–H and O–H groups in total. The number of hydrogen-bond donors (Lipinski definition) is 4. The Morgan fingerprint density at radius 3 is 2.59 bits per heavy atom. The molecule has 0 aromatic carbocycles. The second-order valence-electron chi connectivity index (χ2n) is 9.01. The molecule has 3 aromatic rings. The number of hydrogen-bond acceptors (Lipinski definition) is 11. The SMILES string of the molecule is COC(=O)N[C@@H](CCc1c(C)nc2n(C)c3c(ncn3[C@]3(C)O[C@H](CO)[C@@H](O)[C@H]3O)c(=O)n12)C(=O)OC. The summed E-state index contributed by atoms with van der Waals surface area (Å²) in [4.78, 5) is 46.2. The van der Waals surface area contributed by atoms with E-state index in [0.717, 1.165) is 0 Å². The summed E-state index contributed by atoms with van der Waals surface area (Å²) in [6.45, 7) is 2.72. The van der Waals surface area contributed by atoms with Gasteiger partial charge in [-0.25, -0.2) is 24.0 Å². The van der Waals surface area contributed by atoms with Crippen LogP contribution in [0.15, 0.2) is 11.1 Å². The van der Waals surface area contributed by atoms with E-state index in [2.05, 4.69) is 20.0 Å². The molecule has 0 spiro atoms. The lowest BCUT2D eigenvalue weighted by Crippen LogP contribution is -2.43. The third-order valence-corrected chi connectivity index (χ3v) is 6.86. The number of esters is 1. The first-order valence-corrected chi connectivity index (χ1v) is 11.5. The van der Waals surface area contributed by atoms with Crippen LogP contribution in [-0.2, 0) is 38.2 Å². The van der Waals surface area contributed by atoms with E-state index >= 15 is 0 Å². The van der Waals surface area contributed by atoms with Crippen molar-refractivity contribution in [1.82, 2.24) is 28.8 Å². The second kappa shape index (κ2) is 9.74. The summed E-state index contributed by atoms with van der Waals surface area (Å²) < 4.78 is 19.5. The molecule has 1 aliphatic rings. The van der Waals surface area contributed by atoms with Crippen molar-refractivity contribution in [1.29, 1.82) is 0 Å². The first kappa shape index (κ1) is 26.5. The molecule has 15 nitrogen and oxygen atoms in total. The maximum atomic E-state index is 13.6. The molecule has 0 saturated carbocycles. The number of fused-ring (bicyclic) bond motifs is 2. The molecule has 1 saturated heterocycles. The van der Waals surface area contributed by atoms with Gasteiger partial charge in [0.2, 0.25) is 5.78 Å². The van der Waals surface area contributed by atoms with Crippen LogP contribution in [0.5, 0.6) is 0 Å². The van der Waals surface area contributed by atoms with Gasteiger partial charge in [0.05, 0.1) is 38.5 Å². The number of nitrogens with one attached hydrogen (secondary N) is 1. The van der Waals surface area contributed by atoms with Crippen LogP contribution in [0, 0.1) is 6.92 Å². The minimum atomic E-state index is -1.53. The third kappa shape index (κ3) is 4.13. The molecule has 0 radical (unpaired) electrons. The molecule has 15 heteroatoms. The summed E-state index contributed by atoms with van der Waals surface area (Å²) in [5.41, 5.74) is -0.671. The molecule has 1 fully saturated rings. The number of alkyl carbamates (subject to hydrolysis) is 1. The summed E-state index contributed by atoms with van der Waals surface area (Å²) in [7, 11) is 4.03. The van der Waals surface area contributed by atoms with E-state index in [1.165, 1.54) is 36.4 Å². The lowest BCUT2D eigenvalue weighted by atomic mass is 10.0. The first-order chi connectivity index (χ1) is 17.5. The number of aryl methyl sites for hydroxylation is 3. The average molecular weight is 523 g/mol. The maximum absolute atomic E-state index is 13.6. The topological polar surface area (TPSA) is 192 Å². The Labute approximate surface area is 210 Å². The highest BCUT2D eigenvalue weighted by Gasteiger charge is 2.53. The fraction of sp³-hybridized carbons (Fsp3) is 0.591. The van der Waals surface area contributed by atoms with Gasteiger partial charge in [-0.15, -0.1) is 0 Å². The Morgan fingerprint density at radius 1 is 1.30 bits per heavy atom. The number of nitrogens with zero attached hydrogens (tertiary/aromatic N) is 5. The number of carbonyl (C=O) groups is 2. The summed E-state index contributed by atoms with van der Waals surface area (Å²) in [5.74, 6) is -0.407. The van der Waals surface area contributed by atoms with Crippen molar-refractivity contribution in [2.24, 2.45) is 7.05 Å². The largest absolute Gasteiger partial charge is 0.467 e. The molecular formula is C22H30N6O9. The van der Waals surface area contributed by atoms with Gasteiger partial charge in [-0.05, 0) is 26.7 Å². The highest BCUT2D eigenvalue weighted by molar-refractivity contribution is 5.81. The molecule has 0 aliphatic carbocycles. The number of ether oxygens (including phenoxy) is 3. The Balaban J connectivity index is 1.79. The van der Waals surface area contributed by atoms with Gasteiger partial charge in [-0.1, -0.05) is 0 Å². The molecule has 5 atom stereocenters. The number of aliphatic hydroxyl groups is 3. The van der Waals surface area contributed by atoms with Crippen molar-refractivity contribution in [2.75, 3.05) is 20.8 Å². The average Bonchev–Trinajstić information content (AvgIpc) is 3.54. The first-order valence-electron chi connectivity index (χ1n) is 11.5. The molecule has 0 unspecified atom stereocenters. The standard InChI is InChI=1S/C22H30N6O9/c1-10-12(7-6-11(19(33)35-4)25-21(34)36-5)28-18(32)14-17(26(3)20(28)24-10)27(9-23-14)22(2)16(31)15(30)13(8-29)37-22/h9,11,13,15-16,29-31H,6-8H2,1-5H3,(H,25,34)/t11-,13+,15+,16+,22+/m0/s1. The number of carbonyl (C=O) groups excluding carboxylic acids is 2. The number of aromatic nitrogens is 5. The van der Waals surface area contributed by atoms with E-state index in [0.29, 0.717) is 11.4 Å². The van der Waals surface area contributed by atoms with E-state index in [1.54, 1.807) is 18.5 Å². The molecule has 1 aliphatic heterocycles. The van der Waals surface area contributed by atoms with Crippen molar-refractivity contribution in [3.63, 3.8) is 0 Å². The Morgan fingerprint density at radius 2 is 2.00 bits per heavy atom. The molecule has 1 amide bonds. The molecule has 202 valence electrons. The number of methoxy groups -OCH3 is 2. The fourth-order valence-corrected chi connectivity index (χ4v) is 4.80. The van der Waals surface area contributed by atoms with Gasteiger partial charge in [0.25, 0.3) is 5.56 Å². The third-order valence-electron chi connectivity index (χ3n) is 6.86. The maximum Gasteiger partial charge on any atom is 0.407 e. The van der Waals surface area contributed by atoms with Crippen molar-refractivity contribution >= 4 is 29.0 Å². The van der Waals surface area contributed by atoms with E-state index < -0.39 is 54.3 Å². The zero-order valence-corrected chi connectivity index (χ0v) is 21.0. The number of amides is 1. The summed E-state index contributed by atoms with van der Waals surface area (Å²) in [6, 6.07) is -1.01. The van der Waals surface area contributed by atoms with Gasteiger partial charge in [0, 0.05) is 7.05 Å². The molecule has 4 heterocycles. The zero-order valence-electron chi connectivity index (χ0n) is 21.0. The van der Waals surface area contributed by atoms with Crippen molar-refractivity contribution in [3.8, 4) is 0 Å². The van der Waals surface area contributed by atoms with Crippen LogP contribution in [0.4, 0.5) is 4.79 Å². The number of rotatable bonds is 7. The van der Waals surface area contributed by atoms with Gasteiger partial charge in [-0.3, -0.25) is 13.9 Å². The predicted octanol–water partition coefficient (Wildman–Crippen LogP) is -1.69. The van der Waals surface area contributed by atoms with Gasteiger partial charge in [0.15, 0.2) is 16.9 Å². The molecule has 37 heavy (non-hydrogen) atoms. The Bertz CT molecular complexity index is 1410. The molecule has 4 rings (SSSR count). The van der Waals surface area contributed by atoms with Crippen molar-refractivity contribution < 1.29 is 39.1 Å². The van der Waals surface area contributed by atoms with Gasteiger partial charge < -0.3 is 34.8 Å². The minimum absolute atomic E-state index is 0.0461.